The fraction of sp³-hybridized carbons (Fsp3) is 0.0769. The molecule has 0 aliphatic heterocycles. The lowest BCUT2D eigenvalue weighted by molar-refractivity contribution is -0.386. The van der Waals surface area contributed by atoms with Crippen LogP contribution in [-0.4, -0.2) is 21.0 Å². The van der Waals surface area contributed by atoms with Gasteiger partial charge in [0.1, 0.15) is 5.75 Å². The highest BCUT2D eigenvalue weighted by atomic mass is 35.5. The van der Waals surface area contributed by atoms with E-state index in [0.29, 0.717) is 5.56 Å². The molecule has 1 heterocycles. The van der Waals surface area contributed by atoms with Crippen LogP contribution >= 0.6 is 11.6 Å². The number of pyridine rings is 1. The van der Waals surface area contributed by atoms with E-state index >= 15 is 0 Å². The molecule has 0 aliphatic carbocycles. The van der Waals surface area contributed by atoms with Crippen molar-refractivity contribution in [2.24, 2.45) is 0 Å². The highest BCUT2D eigenvalue weighted by molar-refractivity contribution is 6.30. The summed E-state index contributed by atoms with van der Waals surface area (Å²) < 4.78 is 5.38. The number of hydrogen-bond acceptors (Lipinski definition) is 5. The zero-order valence-corrected chi connectivity index (χ0v) is 11.3. The van der Waals surface area contributed by atoms with Crippen molar-refractivity contribution in [1.29, 1.82) is 0 Å². The quantitative estimate of drug-likeness (QED) is 0.672. The Morgan fingerprint density at radius 2 is 2.14 bits per heavy atom. The Hall–Kier alpha value is -2.67. The van der Waals surface area contributed by atoms with Gasteiger partial charge in [0.25, 0.3) is 5.88 Å². The molecule has 1 N–H and O–H groups in total. The topological polar surface area (TPSA) is 103 Å². The third-order valence-corrected chi connectivity index (χ3v) is 2.72. The van der Waals surface area contributed by atoms with Crippen molar-refractivity contribution in [3.05, 3.63) is 57.2 Å². The van der Waals surface area contributed by atoms with Gasteiger partial charge in [-0.1, -0.05) is 29.8 Å². The zero-order valence-electron chi connectivity index (χ0n) is 10.5. The van der Waals surface area contributed by atoms with Crippen LogP contribution < -0.4 is 4.74 Å². The molecular formula is C13H9ClN2O5. The molecule has 0 amide bonds. The maximum atomic E-state index is 11.0. The fourth-order valence-electron chi connectivity index (χ4n) is 1.64. The summed E-state index contributed by atoms with van der Waals surface area (Å²) in [5.41, 5.74) is -0.0105. The second kappa shape index (κ2) is 6.19. The van der Waals surface area contributed by atoms with Gasteiger partial charge in [0.05, 0.1) is 22.6 Å². The first-order chi connectivity index (χ1) is 9.97. The van der Waals surface area contributed by atoms with Crippen molar-refractivity contribution in [3.8, 4) is 11.6 Å². The number of aliphatic carboxylic acids is 1. The monoisotopic (exact) mass is 308 g/mol. The van der Waals surface area contributed by atoms with E-state index in [-0.39, 0.29) is 23.1 Å². The van der Waals surface area contributed by atoms with E-state index in [4.69, 9.17) is 21.4 Å². The van der Waals surface area contributed by atoms with E-state index in [9.17, 15) is 14.9 Å². The standard InChI is InChI=1S/C13H9ClN2O5/c14-9-6-10(16(19)20)13(15-7-9)21-11-4-2-1-3-8(11)5-12(17)18/h1-4,6-7H,5H2,(H,17,18). The normalized spacial score (nSPS) is 10.1. The molecule has 2 rings (SSSR count). The molecule has 2 aromatic rings. The summed E-state index contributed by atoms with van der Waals surface area (Å²) in [5.74, 6) is -1.09. The summed E-state index contributed by atoms with van der Waals surface area (Å²) in [6.07, 6.45) is 0.946. The molecule has 0 radical (unpaired) electrons. The Labute approximate surface area is 123 Å². The molecular weight excluding hydrogens is 300 g/mol. The number of para-hydroxylation sites is 1. The van der Waals surface area contributed by atoms with Gasteiger partial charge in [-0.25, -0.2) is 4.98 Å². The Balaban J connectivity index is 2.39. The summed E-state index contributed by atoms with van der Waals surface area (Å²) in [6, 6.07) is 7.46. The molecule has 0 saturated carbocycles. The van der Waals surface area contributed by atoms with Crippen LogP contribution in [-0.2, 0) is 11.2 Å². The number of nitro groups is 1. The minimum absolute atomic E-state index is 0.105. The number of hydrogen-bond donors (Lipinski definition) is 1. The van der Waals surface area contributed by atoms with Gasteiger partial charge < -0.3 is 9.84 Å². The average molecular weight is 309 g/mol. The molecule has 0 atom stereocenters. The van der Waals surface area contributed by atoms with Gasteiger partial charge in [-0.15, -0.1) is 0 Å². The lowest BCUT2D eigenvalue weighted by Crippen LogP contribution is -2.03. The number of carbonyl (C=O) groups is 1. The lowest BCUT2D eigenvalue weighted by atomic mass is 10.1. The molecule has 0 spiro atoms. The second-order valence-electron chi connectivity index (χ2n) is 4.02. The largest absolute Gasteiger partial charge is 0.481 e. The van der Waals surface area contributed by atoms with E-state index in [1.54, 1.807) is 18.2 Å². The third kappa shape index (κ3) is 3.67. The molecule has 0 aliphatic rings. The van der Waals surface area contributed by atoms with Crippen molar-refractivity contribution in [3.63, 3.8) is 0 Å². The highest BCUT2D eigenvalue weighted by Crippen LogP contribution is 2.32. The maximum absolute atomic E-state index is 11.0. The van der Waals surface area contributed by atoms with E-state index < -0.39 is 16.6 Å². The van der Waals surface area contributed by atoms with Crippen LogP contribution in [0.5, 0.6) is 11.6 Å². The van der Waals surface area contributed by atoms with Crippen molar-refractivity contribution >= 4 is 23.3 Å². The zero-order chi connectivity index (χ0) is 15.4. The number of ether oxygens (including phenoxy) is 1. The smallest absolute Gasteiger partial charge is 0.332 e. The number of rotatable bonds is 5. The molecule has 0 saturated heterocycles. The fourth-order valence-corrected chi connectivity index (χ4v) is 1.79. The van der Waals surface area contributed by atoms with E-state index in [2.05, 4.69) is 4.98 Å². The molecule has 1 aromatic carbocycles. The third-order valence-electron chi connectivity index (χ3n) is 2.52. The number of benzene rings is 1. The highest BCUT2D eigenvalue weighted by Gasteiger charge is 2.19. The number of nitrogens with zero attached hydrogens (tertiary/aromatic N) is 2. The second-order valence-corrected chi connectivity index (χ2v) is 4.45. The molecule has 7 nitrogen and oxygen atoms in total. The number of halogens is 1. The Bertz CT molecular complexity index is 705. The van der Waals surface area contributed by atoms with Crippen LogP contribution in [0.15, 0.2) is 36.5 Å². The van der Waals surface area contributed by atoms with Gasteiger partial charge >= 0.3 is 11.7 Å². The predicted molar refractivity (Wildman–Crippen MR) is 73.8 cm³/mol. The van der Waals surface area contributed by atoms with Crippen molar-refractivity contribution in [1.82, 2.24) is 4.98 Å². The first-order valence-corrected chi connectivity index (χ1v) is 6.12. The number of carboxylic acid groups (broad SMARTS) is 1. The predicted octanol–water partition coefficient (Wildman–Crippen LogP) is 3.06. The first-order valence-electron chi connectivity index (χ1n) is 5.75. The minimum Gasteiger partial charge on any atom is -0.481 e. The number of carboxylic acids is 1. The molecule has 1 aromatic heterocycles. The minimum atomic E-state index is -1.04. The molecule has 21 heavy (non-hydrogen) atoms. The molecule has 0 unspecified atom stereocenters. The van der Waals surface area contributed by atoms with Crippen molar-refractivity contribution in [2.45, 2.75) is 6.42 Å². The molecule has 0 bridgehead atoms. The van der Waals surface area contributed by atoms with E-state index in [1.807, 2.05) is 0 Å². The Morgan fingerprint density at radius 3 is 2.81 bits per heavy atom. The first kappa shape index (κ1) is 14.7. The van der Waals surface area contributed by atoms with Crippen LogP contribution in [0.1, 0.15) is 5.56 Å². The van der Waals surface area contributed by atoms with E-state index in [1.165, 1.54) is 12.3 Å². The summed E-state index contributed by atoms with van der Waals surface area (Å²) in [6.45, 7) is 0. The van der Waals surface area contributed by atoms with Gasteiger partial charge in [0.15, 0.2) is 0 Å². The van der Waals surface area contributed by atoms with Crippen molar-refractivity contribution < 1.29 is 19.6 Å². The van der Waals surface area contributed by atoms with Gasteiger partial charge in [-0.3, -0.25) is 14.9 Å². The maximum Gasteiger partial charge on any atom is 0.332 e. The Kier molecular flexibility index (Phi) is 4.34. The average Bonchev–Trinajstić information content (AvgIpc) is 2.42. The number of aromatic nitrogens is 1. The van der Waals surface area contributed by atoms with Gasteiger partial charge in [0.2, 0.25) is 0 Å². The van der Waals surface area contributed by atoms with Gasteiger partial charge in [-0.2, -0.15) is 0 Å². The molecule has 108 valence electrons. The lowest BCUT2D eigenvalue weighted by Gasteiger charge is -2.09. The SMILES string of the molecule is O=C(O)Cc1ccccc1Oc1ncc(Cl)cc1[N+](=O)[O-]. The van der Waals surface area contributed by atoms with Crippen molar-refractivity contribution in [2.75, 3.05) is 0 Å². The molecule has 0 fully saturated rings. The Morgan fingerprint density at radius 1 is 1.43 bits per heavy atom. The molecule has 8 heteroatoms. The summed E-state index contributed by atoms with van der Waals surface area (Å²) >= 11 is 5.66. The van der Waals surface area contributed by atoms with Crippen LogP contribution in [0, 0.1) is 10.1 Å². The van der Waals surface area contributed by atoms with Gasteiger partial charge in [0, 0.05) is 11.6 Å². The van der Waals surface area contributed by atoms with Crippen LogP contribution in [0.3, 0.4) is 0 Å². The van der Waals surface area contributed by atoms with Crippen LogP contribution in [0.4, 0.5) is 5.69 Å². The van der Waals surface area contributed by atoms with E-state index in [0.717, 1.165) is 6.07 Å². The van der Waals surface area contributed by atoms with Crippen LogP contribution in [0.2, 0.25) is 5.02 Å². The summed E-state index contributed by atoms with van der Waals surface area (Å²) in [7, 11) is 0. The van der Waals surface area contributed by atoms with Crippen LogP contribution in [0.25, 0.3) is 0 Å². The van der Waals surface area contributed by atoms with Gasteiger partial charge in [-0.05, 0) is 6.07 Å². The summed E-state index contributed by atoms with van der Waals surface area (Å²) in [5, 5.41) is 19.9. The summed E-state index contributed by atoms with van der Waals surface area (Å²) in [4.78, 5) is 24.9.